The van der Waals surface area contributed by atoms with E-state index in [1.165, 1.54) is 35.8 Å². The number of hydrogen-bond acceptors (Lipinski definition) is 6. The van der Waals surface area contributed by atoms with Crippen molar-refractivity contribution in [2.75, 3.05) is 5.32 Å². The molecular weight excluding hydrogens is 423 g/mol. The molecular formula is C16H9Cl3N2O4S. The molecule has 0 atom stereocenters. The Bertz CT molecular complexity index is 933. The summed E-state index contributed by atoms with van der Waals surface area (Å²) >= 11 is 18.9. The highest BCUT2D eigenvalue weighted by Gasteiger charge is 2.16. The van der Waals surface area contributed by atoms with Crippen LogP contribution in [-0.2, 0) is 11.2 Å². The van der Waals surface area contributed by atoms with Crippen molar-refractivity contribution < 1.29 is 18.7 Å². The van der Waals surface area contributed by atoms with Gasteiger partial charge < -0.3 is 9.15 Å². The Hall–Kier alpha value is -2.06. The van der Waals surface area contributed by atoms with Gasteiger partial charge in [0.05, 0.1) is 28.4 Å². The molecule has 1 N–H and O–H groups in total. The van der Waals surface area contributed by atoms with Crippen molar-refractivity contribution in [1.29, 1.82) is 0 Å². The van der Waals surface area contributed by atoms with E-state index < -0.39 is 11.9 Å². The molecule has 134 valence electrons. The van der Waals surface area contributed by atoms with Crippen molar-refractivity contribution in [1.82, 2.24) is 4.98 Å². The van der Waals surface area contributed by atoms with Crippen molar-refractivity contribution in [2.45, 2.75) is 6.42 Å². The minimum atomic E-state index is -0.606. The summed E-state index contributed by atoms with van der Waals surface area (Å²) in [4.78, 5) is 28.1. The molecule has 0 unspecified atom stereocenters. The first-order valence-corrected chi connectivity index (χ1v) is 9.08. The van der Waals surface area contributed by atoms with E-state index in [1.54, 1.807) is 11.4 Å². The van der Waals surface area contributed by atoms with Crippen LogP contribution in [0.5, 0.6) is 5.75 Å². The predicted octanol–water partition coefficient (Wildman–Crippen LogP) is 5.10. The zero-order valence-electron chi connectivity index (χ0n) is 12.8. The van der Waals surface area contributed by atoms with Crippen LogP contribution >= 0.6 is 46.1 Å². The van der Waals surface area contributed by atoms with Crippen LogP contribution < -0.4 is 10.1 Å². The Morgan fingerprint density at radius 3 is 2.62 bits per heavy atom. The quantitative estimate of drug-likeness (QED) is 0.449. The predicted molar refractivity (Wildman–Crippen MR) is 99.6 cm³/mol. The van der Waals surface area contributed by atoms with Crippen molar-refractivity contribution in [2.24, 2.45) is 0 Å². The molecule has 2 aromatic heterocycles. The van der Waals surface area contributed by atoms with Gasteiger partial charge in [-0.05, 0) is 24.3 Å². The molecule has 0 radical (unpaired) electrons. The molecule has 3 aromatic rings. The molecule has 0 saturated carbocycles. The first kappa shape index (κ1) is 18.7. The fourth-order valence-corrected chi connectivity index (χ4v) is 3.54. The summed E-state index contributed by atoms with van der Waals surface area (Å²) in [7, 11) is 0. The smallest absolute Gasteiger partial charge is 0.317 e. The van der Waals surface area contributed by atoms with Crippen molar-refractivity contribution in [3.63, 3.8) is 0 Å². The highest BCUT2D eigenvalue weighted by Crippen LogP contribution is 2.36. The normalized spacial score (nSPS) is 10.6. The summed E-state index contributed by atoms with van der Waals surface area (Å²) < 4.78 is 10.2. The van der Waals surface area contributed by atoms with E-state index in [2.05, 4.69) is 10.3 Å². The lowest BCUT2D eigenvalue weighted by atomic mass is 10.3. The van der Waals surface area contributed by atoms with Gasteiger partial charge in [0.2, 0.25) is 0 Å². The molecule has 1 amide bonds. The Morgan fingerprint density at radius 1 is 1.23 bits per heavy atom. The number of nitrogens with one attached hydrogen (secondary N) is 1. The fourth-order valence-electron chi connectivity index (χ4n) is 1.94. The Labute approximate surface area is 166 Å². The number of hydrogen-bond donors (Lipinski definition) is 1. The number of anilines is 1. The highest BCUT2D eigenvalue weighted by molar-refractivity contribution is 7.14. The number of nitrogens with zero attached hydrogens (tertiary/aromatic N) is 1. The highest BCUT2D eigenvalue weighted by atomic mass is 35.5. The number of benzene rings is 1. The monoisotopic (exact) mass is 430 g/mol. The maximum Gasteiger partial charge on any atom is 0.317 e. The zero-order valence-corrected chi connectivity index (χ0v) is 15.9. The number of halogens is 3. The van der Waals surface area contributed by atoms with Crippen LogP contribution in [-0.4, -0.2) is 16.9 Å². The number of amides is 1. The second-order valence-corrected chi connectivity index (χ2v) is 7.03. The Balaban J connectivity index is 1.62. The number of ether oxygens (including phenoxy) is 1. The van der Waals surface area contributed by atoms with Crippen LogP contribution in [0.4, 0.5) is 5.13 Å². The van der Waals surface area contributed by atoms with Gasteiger partial charge in [-0.2, -0.15) is 0 Å². The van der Waals surface area contributed by atoms with Crippen molar-refractivity contribution in [3.8, 4) is 5.75 Å². The number of esters is 1. The van der Waals surface area contributed by atoms with Gasteiger partial charge in [-0.3, -0.25) is 14.9 Å². The molecule has 0 fully saturated rings. The summed E-state index contributed by atoms with van der Waals surface area (Å²) in [6.07, 6.45) is 1.27. The lowest BCUT2D eigenvalue weighted by Crippen LogP contribution is -2.13. The lowest BCUT2D eigenvalue weighted by molar-refractivity contribution is -0.133. The van der Waals surface area contributed by atoms with Crippen LogP contribution in [0.1, 0.15) is 16.2 Å². The maximum atomic E-state index is 12.1. The minimum Gasteiger partial charge on any atom is -0.459 e. The Kier molecular flexibility index (Phi) is 5.83. The summed E-state index contributed by atoms with van der Waals surface area (Å²) in [6.45, 7) is 0. The van der Waals surface area contributed by atoms with Crippen molar-refractivity contribution >= 4 is 63.1 Å². The van der Waals surface area contributed by atoms with Crippen LogP contribution in [0.2, 0.25) is 15.1 Å². The molecule has 2 heterocycles. The van der Waals surface area contributed by atoms with E-state index in [-0.39, 0.29) is 28.0 Å². The first-order valence-electron chi connectivity index (χ1n) is 7.07. The third-order valence-corrected chi connectivity index (χ3v) is 4.61. The third-order valence-electron chi connectivity index (χ3n) is 3.02. The number of aromatic nitrogens is 1. The number of carbonyl (C=O) groups is 2. The number of carbonyl (C=O) groups excluding carboxylic acids is 2. The van der Waals surface area contributed by atoms with Crippen LogP contribution in [0, 0.1) is 0 Å². The molecule has 0 aliphatic rings. The molecule has 0 aliphatic heterocycles. The fraction of sp³-hybridized carbons (Fsp3) is 0.0625. The second kappa shape index (κ2) is 8.09. The summed E-state index contributed by atoms with van der Waals surface area (Å²) in [5.41, 5.74) is 0.427. The van der Waals surface area contributed by atoms with Crippen LogP contribution in [0.3, 0.4) is 0 Å². The van der Waals surface area contributed by atoms with Gasteiger partial charge in [-0.1, -0.05) is 34.8 Å². The van der Waals surface area contributed by atoms with Crippen LogP contribution in [0.15, 0.2) is 40.3 Å². The first-order chi connectivity index (χ1) is 12.4. The van der Waals surface area contributed by atoms with E-state index in [0.29, 0.717) is 15.8 Å². The van der Waals surface area contributed by atoms with Gasteiger partial charge in [0.15, 0.2) is 16.6 Å². The van der Waals surface area contributed by atoms with Gasteiger partial charge in [0, 0.05) is 10.4 Å². The van der Waals surface area contributed by atoms with Crippen LogP contribution in [0.25, 0.3) is 0 Å². The molecule has 0 spiro atoms. The Morgan fingerprint density at radius 2 is 1.96 bits per heavy atom. The van der Waals surface area contributed by atoms with Gasteiger partial charge in [-0.15, -0.1) is 11.3 Å². The molecule has 0 saturated heterocycles. The number of thiazole rings is 1. The van der Waals surface area contributed by atoms with Gasteiger partial charge in [0.1, 0.15) is 0 Å². The number of furan rings is 1. The molecule has 0 bridgehead atoms. The zero-order chi connectivity index (χ0) is 18.7. The summed E-state index contributed by atoms with van der Waals surface area (Å²) in [5, 5.41) is 5.12. The largest absolute Gasteiger partial charge is 0.459 e. The van der Waals surface area contributed by atoms with Gasteiger partial charge >= 0.3 is 5.97 Å². The standard InChI is InChI=1S/C16H9Cl3N2O4S/c17-8-4-10(18)14(11(19)5-8)25-13(22)6-9-7-26-16(20-9)21-15(23)12-2-1-3-24-12/h1-5,7H,6H2,(H,20,21,23). The average Bonchev–Trinajstić information content (AvgIpc) is 3.23. The van der Waals surface area contributed by atoms with E-state index in [0.717, 1.165) is 0 Å². The topological polar surface area (TPSA) is 81.4 Å². The molecule has 10 heteroatoms. The molecule has 6 nitrogen and oxygen atoms in total. The maximum absolute atomic E-state index is 12.1. The lowest BCUT2D eigenvalue weighted by Gasteiger charge is -2.08. The second-order valence-electron chi connectivity index (χ2n) is 4.92. The summed E-state index contributed by atoms with van der Waals surface area (Å²) in [5.74, 6) is -0.846. The van der Waals surface area contributed by atoms with E-state index >= 15 is 0 Å². The molecule has 3 rings (SSSR count). The third kappa shape index (κ3) is 4.56. The SMILES string of the molecule is O=C(Cc1csc(NC(=O)c2ccco2)n1)Oc1c(Cl)cc(Cl)cc1Cl. The van der Waals surface area contributed by atoms with Gasteiger partial charge in [-0.25, -0.2) is 4.98 Å². The average molecular weight is 432 g/mol. The van der Waals surface area contributed by atoms with Gasteiger partial charge in [0.25, 0.3) is 5.91 Å². The van der Waals surface area contributed by atoms with E-state index in [1.807, 2.05) is 0 Å². The van der Waals surface area contributed by atoms with Crippen molar-refractivity contribution in [3.05, 3.63) is 62.4 Å². The molecule has 0 aliphatic carbocycles. The molecule has 26 heavy (non-hydrogen) atoms. The van der Waals surface area contributed by atoms with E-state index in [4.69, 9.17) is 44.0 Å². The number of rotatable bonds is 5. The minimum absolute atomic E-state index is 0.0318. The molecule has 1 aromatic carbocycles. The summed E-state index contributed by atoms with van der Waals surface area (Å²) in [6, 6.07) is 5.97. The van der Waals surface area contributed by atoms with E-state index in [9.17, 15) is 9.59 Å².